The molecule has 2 heterocycles. The first-order valence-corrected chi connectivity index (χ1v) is 16.0. The molecule has 0 fully saturated rings. The Balaban J connectivity index is 1.25. The van der Waals surface area contributed by atoms with Gasteiger partial charge in [-0.3, -0.25) is 0 Å². The molecule has 9 rings (SSSR count). The molecule has 7 aromatic carbocycles. The van der Waals surface area contributed by atoms with E-state index < -0.39 is 0 Å². The number of nitrogens with zero attached hydrogens (tertiary/aromatic N) is 3. The Hall–Kier alpha value is -6.65. The van der Waals surface area contributed by atoms with Gasteiger partial charge in [-0.25, -0.2) is 15.0 Å². The molecule has 0 saturated heterocycles. The quantitative estimate of drug-likeness (QED) is 0.183. The van der Waals surface area contributed by atoms with Gasteiger partial charge in [-0.1, -0.05) is 152 Å². The topological polar surface area (TPSA) is 51.8 Å². The molecule has 0 amide bonds. The Morgan fingerprint density at radius 1 is 0.408 bits per heavy atom. The first-order valence-electron chi connectivity index (χ1n) is 18.0. The summed E-state index contributed by atoms with van der Waals surface area (Å²) in [5.74, 6) is 1.06. The monoisotopic (exact) mass is 631 g/mol. The van der Waals surface area contributed by atoms with E-state index in [4.69, 9.17) is 22.1 Å². The molecule has 230 valence electrons. The summed E-state index contributed by atoms with van der Waals surface area (Å²) >= 11 is 0. The normalized spacial score (nSPS) is 12.4. The van der Waals surface area contributed by atoms with Crippen molar-refractivity contribution in [3.05, 3.63) is 176 Å². The fourth-order valence-corrected chi connectivity index (χ4v) is 6.18. The van der Waals surface area contributed by atoms with Crippen LogP contribution in [0.2, 0.25) is 0 Å². The molecule has 0 radical (unpaired) electrons. The Kier molecular flexibility index (Phi) is 6.09. The highest BCUT2D eigenvalue weighted by atomic mass is 16.3. The predicted octanol–water partition coefficient (Wildman–Crippen LogP) is 11.8. The van der Waals surface area contributed by atoms with Crippen molar-refractivity contribution in [3.8, 4) is 67.5 Å². The Morgan fingerprint density at radius 3 is 1.63 bits per heavy atom. The van der Waals surface area contributed by atoms with Crippen molar-refractivity contribution in [1.29, 1.82) is 0 Å². The van der Waals surface area contributed by atoms with Crippen LogP contribution in [0, 0.1) is 0 Å². The zero-order valence-electron chi connectivity index (χ0n) is 30.2. The Bertz CT molecular complexity index is 2810. The molecule has 0 bridgehead atoms. The van der Waals surface area contributed by atoms with Gasteiger partial charge in [0.2, 0.25) is 0 Å². The van der Waals surface area contributed by atoms with Crippen LogP contribution in [0.3, 0.4) is 0 Å². The Labute approximate surface area is 289 Å². The molecular formula is C45H29N3O. The summed E-state index contributed by atoms with van der Waals surface area (Å²) in [6.07, 6.45) is 0. The zero-order chi connectivity index (χ0) is 36.1. The van der Waals surface area contributed by atoms with E-state index in [1.165, 1.54) is 0 Å². The van der Waals surface area contributed by atoms with Crippen molar-refractivity contribution in [3.63, 3.8) is 0 Å². The molecule has 0 aliphatic heterocycles. The summed E-state index contributed by atoms with van der Waals surface area (Å²) in [4.78, 5) is 14.8. The Morgan fingerprint density at radius 2 is 0.939 bits per heavy atom. The molecule has 4 heteroatoms. The van der Waals surface area contributed by atoms with Crippen LogP contribution in [0.1, 0.15) is 5.48 Å². The van der Waals surface area contributed by atoms with Gasteiger partial charge in [0.25, 0.3) is 0 Å². The first kappa shape index (κ1) is 24.5. The summed E-state index contributed by atoms with van der Waals surface area (Å²) in [5.41, 5.74) is 7.85. The molecule has 0 N–H and O–H groups in total. The van der Waals surface area contributed by atoms with Crippen LogP contribution < -0.4 is 0 Å². The van der Waals surface area contributed by atoms with Crippen molar-refractivity contribution in [1.82, 2.24) is 15.0 Å². The number of benzene rings is 7. The number of aromatic nitrogens is 3. The van der Waals surface area contributed by atoms with Crippen LogP contribution in [-0.4, -0.2) is 15.0 Å². The minimum Gasteiger partial charge on any atom is -0.456 e. The van der Waals surface area contributed by atoms with Crippen molar-refractivity contribution >= 4 is 21.9 Å². The molecule has 2 aromatic heterocycles. The second-order valence-corrected chi connectivity index (χ2v) is 11.7. The smallest absolute Gasteiger partial charge is 0.164 e. The molecule has 0 aliphatic carbocycles. The van der Waals surface area contributed by atoms with Crippen LogP contribution in [0.25, 0.3) is 89.5 Å². The molecule has 0 unspecified atom stereocenters. The molecule has 9 aromatic rings. The van der Waals surface area contributed by atoms with Gasteiger partial charge < -0.3 is 4.42 Å². The molecule has 4 nitrogen and oxygen atoms in total. The van der Waals surface area contributed by atoms with Crippen LogP contribution in [0.5, 0.6) is 0 Å². The lowest BCUT2D eigenvalue weighted by atomic mass is 9.99. The SMILES string of the molecule is [2H]c1cc(-c2ccccc2)c2c(oc3c([2H])c(-c4nc(-c5ccc(-c6ccccc6)cc5)nc(-c5cccc(-c6ccccc6)c5)n4)cc([2H])c32)c1[2H]. The molecule has 49 heavy (non-hydrogen) atoms. The van der Waals surface area contributed by atoms with Crippen molar-refractivity contribution in [2.24, 2.45) is 0 Å². The lowest BCUT2D eigenvalue weighted by Crippen LogP contribution is -2.00. The third-order valence-electron chi connectivity index (χ3n) is 8.63. The number of rotatable bonds is 6. The van der Waals surface area contributed by atoms with Gasteiger partial charge in [-0.15, -0.1) is 0 Å². The van der Waals surface area contributed by atoms with Gasteiger partial charge in [0.1, 0.15) is 11.2 Å². The lowest BCUT2D eigenvalue weighted by Gasteiger charge is -2.10. The highest BCUT2D eigenvalue weighted by Gasteiger charge is 2.17. The average molecular weight is 632 g/mol. The summed E-state index contributed by atoms with van der Waals surface area (Å²) < 4.78 is 42.2. The summed E-state index contributed by atoms with van der Waals surface area (Å²) in [6.45, 7) is 0. The highest BCUT2D eigenvalue weighted by molar-refractivity contribution is 6.13. The molecular weight excluding hydrogens is 599 g/mol. The van der Waals surface area contributed by atoms with Gasteiger partial charge in [0.15, 0.2) is 17.5 Å². The molecule has 0 aliphatic rings. The average Bonchev–Trinajstić information content (AvgIpc) is 3.64. The van der Waals surface area contributed by atoms with E-state index in [9.17, 15) is 2.74 Å². The molecule has 0 spiro atoms. The highest BCUT2D eigenvalue weighted by Crippen LogP contribution is 2.38. The minimum absolute atomic E-state index is 0.00328. The van der Waals surface area contributed by atoms with Crippen molar-refractivity contribution < 1.29 is 9.90 Å². The van der Waals surface area contributed by atoms with Crippen LogP contribution in [0.15, 0.2) is 180 Å². The summed E-state index contributed by atoms with van der Waals surface area (Å²) in [6, 6.07) is 49.0. The van der Waals surface area contributed by atoms with Gasteiger partial charge >= 0.3 is 0 Å². The minimum atomic E-state index is -0.0989. The number of fused-ring (bicyclic) bond motifs is 3. The maximum absolute atomic E-state index is 9.44. The fraction of sp³-hybridized carbons (Fsp3) is 0. The summed E-state index contributed by atoms with van der Waals surface area (Å²) in [5, 5.41) is 0.938. The van der Waals surface area contributed by atoms with Crippen LogP contribution >= 0.6 is 0 Å². The van der Waals surface area contributed by atoms with Crippen molar-refractivity contribution in [2.45, 2.75) is 0 Å². The van der Waals surface area contributed by atoms with E-state index in [1.54, 1.807) is 12.1 Å². The van der Waals surface area contributed by atoms with E-state index in [1.807, 2.05) is 115 Å². The van der Waals surface area contributed by atoms with Gasteiger partial charge in [0, 0.05) is 27.5 Å². The van der Waals surface area contributed by atoms with Crippen LogP contribution in [0.4, 0.5) is 0 Å². The predicted molar refractivity (Wildman–Crippen MR) is 200 cm³/mol. The number of hydrogen-bond acceptors (Lipinski definition) is 4. The summed E-state index contributed by atoms with van der Waals surface area (Å²) in [7, 11) is 0. The maximum atomic E-state index is 9.44. The molecule has 0 saturated carbocycles. The maximum Gasteiger partial charge on any atom is 0.164 e. The van der Waals surface area contributed by atoms with Gasteiger partial charge in [-0.05, 0) is 57.6 Å². The first-order chi connectivity index (χ1) is 25.9. The van der Waals surface area contributed by atoms with E-state index in [2.05, 4.69) is 24.3 Å². The lowest BCUT2D eigenvalue weighted by molar-refractivity contribution is 0.669. The standard InChI is InChI=1S/C45H29N3O/c1-4-12-30(13-5-1)32-22-24-34(25-23-32)43-46-44(36-19-10-18-35(28-36)31-14-6-2-7-15-31)48-45(47-43)37-26-27-39-41(29-37)49-40-21-11-20-38(42(39)40)33-16-8-3-9-17-33/h1-29H/i11D,21D,27D,29D. The van der Waals surface area contributed by atoms with Crippen molar-refractivity contribution in [2.75, 3.05) is 0 Å². The third kappa shape index (κ3) is 5.45. The van der Waals surface area contributed by atoms with Crippen LogP contribution in [-0.2, 0) is 0 Å². The zero-order valence-corrected chi connectivity index (χ0v) is 26.2. The third-order valence-corrected chi connectivity index (χ3v) is 8.63. The number of hydrogen-bond donors (Lipinski definition) is 0. The fourth-order valence-electron chi connectivity index (χ4n) is 6.18. The second kappa shape index (κ2) is 12.2. The van der Waals surface area contributed by atoms with E-state index in [0.29, 0.717) is 33.5 Å². The van der Waals surface area contributed by atoms with E-state index >= 15 is 0 Å². The number of furan rings is 1. The van der Waals surface area contributed by atoms with Gasteiger partial charge in [-0.2, -0.15) is 0 Å². The second-order valence-electron chi connectivity index (χ2n) is 11.7. The molecule has 0 atom stereocenters. The van der Waals surface area contributed by atoms with E-state index in [0.717, 1.165) is 38.9 Å². The largest absolute Gasteiger partial charge is 0.456 e. The van der Waals surface area contributed by atoms with Gasteiger partial charge in [0.05, 0.1) is 5.48 Å². The van der Waals surface area contributed by atoms with E-state index in [-0.39, 0.29) is 41.2 Å².